The highest BCUT2D eigenvalue weighted by Crippen LogP contribution is 2.40. The summed E-state index contributed by atoms with van der Waals surface area (Å²) in [6, 6.07) is 7.94. The first-order valence-corrected chi connectivity index (χ1v) is 9.47. The van der Waals surface area contributed by atoms with Crippen LogP contribution in [0.5, 0.6) is 11.5 Å². The topological polar surface area (TPSA) is 86.7 Å². The maximum absolute atomic E-state index is 5.98. The number of benzene rings is 1. The van der Waals surface area contributed by atoms with Gasteiger partial charge in [0.15, 0.2) is 23.6 Å². The predicted molar refractivity (Wildman–Crippen MR) is 101 cm³/mol. The Morgan fingerprint density at radius 3 is 2.80 bits per heavy atom. The monoisotopic (exact) mass is 419 g/mol. The van der Waals surface area contributed by atoms with Crippen LogP contribution in [0.2, 0.25) is 0 Å². The zero-order chi connectivity index (χ0) is 17.0. The Morgan fingerprint density at radius 2 is 2.04 bits per heavy atom. The van der Waals surface area contributed by atoms with Gasteiger partial charge in [0.05, 0.1) is 32.9 Å². The second kappa shape index (κ2) is 5.63. The number of halogens is 1. The molecule has 3 aromatic rings. The molecule has 5 rings (SSSR count). The van der Waals surface area contributed by atoms with E-state index in [1.165, 1.54) is 0 Å². The number of nitrogens with two attached hydrogens (primary N) is 1. The molecule has 3 N–H and O–H groups in total. The number of hydrogen-bond acceptors (Lipinski definition) is 7. The first-order valence-electron chi connectivity index (χ1n) is 7.86. The molecule has 2 aliphatic heterocycles. The molecule has 2 aliphatic rings. The summed E-state index contributed by atoms with van der Waals surface area (Å²) in [5.74, 6) is 2.48. The third-order valence-corrected chi connectivity index (χ3v) is 5.82. The molecule has 0 saturated carbocycles. The van der Waals surface area contributed by atoms with Crippen LogP contribution < -0.4 is 20.5 Å². The highest BCUT2D eigenvalue weighted by Gasteiger charge is 2.27. The maximum Gasteiger partial charge on any atom is 0.212 e. The molecule has 0 spiro atoms. The summed E-state index contributed by atoms with van der Waals surface area (Å²) in [7, 11) is 0. The summed E-state index contributed by atoms with van der Waals surface area (Å²) in [5.41, 5.74) is 7.72. The summed E-state index contributed by atoms with van der Waals surface area (Å²) in [5, 5.41) is 3.05. The molecular weight excluding hydrogens is 406 g/mol. The molecule has 1 atom stereocenters. The first kappa shape index (κ1) is 15.0. The minimum Gasteiger partial charge on any atom is -0.489 e. The number of thiophene rings is 1. The zero-order valence-electron chi connectivity index (χ0n) is 13.0. The van der Waals surface area contributed by atoms with E-state index in [-0.39, 0.29) is 6.17 Å². The third kappa shape index (κ3) is 2.46. The average Bonchev–Trinajstić information content (AvgIpc) is 3.08. The molecule has 0 saturated heterocycles. The van der Waals surface area contributed by atoms with Crippen molar-refractivity contribution in [3.63, 3.8) is 0 Å². The molecule has 0 aliphatic carbocycles. The molecule has 2 aromatic heterocycles. The SMILES string of the molecule is NC1=NC(c2ccc(Br)s2)n2c(nc3cc4c(cc32)OCCCO4)N1. The number of aliphatic imine (C=N–C) groups is 1. The van der Waals surface area contributed by atoms with E-state index in [4.69, 9.17) is 15.2 Å². The average molecular weight is 420 g/mol. The second-order valence-corrected chi connectivity index (χ2v) is 8.29. The lowest BCUT2D eigenvalue weighted by atomic mass is 10.2. The van der Waals surface area contributed by atoms with E-state index >= 15 is 0 Å². The number of aromatic nitrogens is 2. The number of hydrogen-bond donors (Lipinski definition) is 2. The van der Waals surface area contributed by atoms with Crippen molar-refractivity contribution in [2.24, 2.45) is 10.7 Å². The van der Waals surface area contributed by atoms with Gasteiger partial charge in [-0.15, -0.1) is 11.3 Å². The Kier molecular flexibility index (Phi) is 3.39. The Morgan fingerprint density at radius 1 is 1.24 bits per heavy atom. The molecule has 128 valence electrons. The number of imidazole rings is 1. The second-order valence-electron chi connectivity index (χ2n) is 5.80. The zero-order valence-corrected chi connectivity index (χ0v) is 15.4. The fraction of sp³-hybridized carbons (Fsp3) is 0.250. The van der Waals surface area contributed by atoms with Gasteiger partial charge in [0.2, 0.25) is 5.95 Å². The predicted octanol–water partition coefficient (Wildman–Crippen LogP) is 3.31. The van der Waals surface area contributed by atoms with Gasteiger partial charge in [-0.1, -0.05) is 0 Å². The van der Waals surface area contributed by atoms with Crippen LogP contribution in [0.1, 0.15) is 17.5 Å². The van der Waals surface area contributed by atoms with Crippen molar-refractivity contribution in [1.82, 2.24) is 9.55 Å². The van der Waals surface area contributed by atoms with Crippen LogP contribution in [0, 0.1) is 0 Å². The van der Waals surface area contributed by atoms with Crippen molar-refractivity contribution >= 4 is 50.2 Å². The number of nitrogens with zero attached hydrogens (tertiary/aromatic N) is 3. The van der Waals surface area contributed by atoms with Crippen molar-refractivity contribution < 1.29 is 9.47 Å². The maximum atomic E-state index is 5.98. The van der Waals surface area contributed by atoms with E-state index in [1.54, 1.807) is 11.3 Å². The normalized spacial score (nSPS) is 19.1. The fourth-order valence-electron chi connectivity index (χ4n) is 3.08. The number of ether oxygens (including phenoxy) is 2. The van der Waals surface area contributed by atoms with Gasteiger partial charge in [-0.25, -0.2) is 9.98 Å². The van der Waals surface area contributed by atoms with E-state index in [9.17, 15) is 0 Å². The summed E-state index contributed by atoms with van der Waals surface area (Å²) < 4.78 is 14.7. The molecule has 9 heteroatoms. The van der Waals surface area contributed by atoms with Crippen LogP contribution in [-0.2, 0) is 0 Å². The molecule has 1 unspecified atom stereocenters. The molecule has 0 radical (unpaired) electrons. The number of nitrogens with one attached hydrogen (secondary N) is 1. The Hall–Kier alpha value is -2.26. The van der Waals surface area contributed by atoms with E-state index in [1.807, 2.05) is 28.8 Å². The molecule has 7 nitrogen and oxygen atoms in total. The first-order chi connectivity index (χ1) is 12.2. The Labute approximate surface area is 155 Å². The Bertz CT molecular complexity index is 1010. The van der Waals surface area contributed by atoms with Gasteiger partial charge < -0.3 is 15.2 Å². The lowest BCUT2D eigenvalue weighted by molar-refractivity contribution is 0.297. The van der Waals surface area contributed by atoms with Crippen LogP contribution >= 0.6 is 27.3 Å². The molecule has 25 heavy (non-hydrogen) atoms. The molecule has 0 amide bonds. The highest BCUT2D eigenvalue weighted by atomic mass is 79.9. The molecular formula is C16H14BrN5O2S. The van der Waals surface area contributed by atoms with Gasteiger partial charge in [0.1, 0.15) is 0 Å². The van der Waals surface area contributed by atoms with Gasteiger partial charge in [-0.05, 0) is 28.1 Å². The van der Waals surface area contributed by atoms with Crippen LogP contribution in [-0.4, -0.2) is 28.7 Å². The van der Waals surface area contributed by atoms with E-state index in [0.717, 1.165) is 37.6 Å². The van der Waals surface area contributed by atoms with Crippen LogP contribution in [0.25, 0.3) is 11.0 Å². The van der Waals surface area contributed by atoms with Gasteiger partial charge in [-0.2, -0.15) is 0 Å². The lowest BCUT2D eigenvalue weighted by Crippen LogP contribution is -2.31. The van der Waals surface area contributed by atoms with Crippen molar-refractivity contribution in [2.75, 3.05) is 18.5 Å². The van der Waals surface area contributed by atoms with Gasteiger partial charge >= 0.3 is 0 Å². The highest BCUT2D eigenvalue weighted by molar-refractivity contribution is 9.11. The summed E-state index contributed by atoms with van der Waals surface area (Å²) in [6.45, 7) is 1.29. The molecule has 1 aromatic carbocycles. The number of rotatable bonds is 1. The molecule has 0 bridgehead atoms. The quantitative estimate of drug-likeness (QED) is 0.631. The number of guanidine groups is 1. The minimum atomic E-state index is -0.262. The fourth-order valence-corrected chi connectivity index (χ4v) is 4.54. The van der Waals surface area contributed by atoms with Crippen molar-refractivity contribution in [1.29, 1.82) is 0 Å². The van der Waals surface area contributed by atoms with Crippen molar-refractivity contribution in [3.05, 3.63) is 32.9 Å². The van der Waals surface area contributed by atoms with Crippen LogP contribution in [0.3, 0.4) is 0 Å². The van der Waals surface area contributed by atoms with Crippen molar-refractivity contribution in [3.8, 4) is 11.5 Å². The smallest absolute Gasteiger partial charge is 0.212 e. The van der Waals surface area contributed by atoms with Crippen molar-refractivity contribution in [2.45, 2.75) is 12.6 Å². The van der Waals surface area contributed by atoms with E-state index < -0.39 is 0 Å². The van der Waals surface area contributed by atoms with Crippen LogP contribution in [0.15, 0.2) is 33.0 Å². The van der Waals surface area contributed by atoms with E-state index in [2.05, 4.69) is 31.2 Å². The van der Waals surface area contributed by atoms with Gasteiger partial charge in [0, 0.05) is 18.6 Å². The third-order valence-electron chi connectivity index (χ3n) is 4.15. The number of anilines is 1. The minimum absolute atomic E-state index is 0.262. The molecule has 0 fully saturated rings. The Balaban J connectivity index is 1.72. The standard InChI is InChI=1S/C16H14BrN5O2S/c17-13-3-2-12(25-13)14-20-15(18)21-16-19-8-6-10-11(7-9(8)22(14)16)24-5-1-4-23-10/h2-3,6-7,14H,1,4-5H2,(H3,18,19,20,21). The summed E-state index contributed by atoms with van der Waals surface area (Å²) in [6.07, 6.45) is 0.605. The largest absolute Gasteiger partial charge is 0.489 e. The summed E-state index contributed by atoms with van der Waals surface area (Å²) in [4.78, 5) is 10.3. The van der Waals surface area contributed by atoms with E-state index in [0.29, 0.717) is 25.1 Å². The van der Waals surface area contributed by atoms with Crippen LogP contribution in [0.4, 0.5) is 5.95 Å². The number of fused-ring (bicyclic) bond motifs is 4. The van der Waals surface area contributed by atoms with Gasteiger partial charge in [-0.3, -0.25) is 9.88 Å². The van der Waals surface area contributed by atoms with Gasteiger partial charge in [0.25, 0.3) is 0 Å². The molecule has 4 heterocycles. The lowest BCUT2D eigenvalue weighted by Gasteiger charge is -2.22. The summed E-state index contributed by atoms with van der Waals surface area (Å²) >= 11 is 5.14.